The molecule has 0 radical (unpaired) electrons. The van der Waals surface area contributed by atoms with Crippen molar-refractivity contribution in [3.63, 3.8) is 0 Å². The number of carbonyl (C=O) groups is 2. The predicted molar refractivity (Wildman–Crippen MR) is 112 cm³/mol. The van der Waals surface area contributed by atoms with Gasteiger partial charge < -0.3 is 4.90 Å². The van der Waals surface area contributed by atoms with E-state index in [-0.39, 0.29) is 41.5 Å². The zero-order valence-corrected chi connectivity index (χ0v) is 18.3. The van der Waals surface area contributed by atoms with E-state index in [2.05, 4.69) is 45.4 Å². The Hall–Kier alpha value is -1.34. The molecule has 4 atom stereocenters. The molecule has 0 saturated carbocycles. The van der Waals surface area contributed by atoms with Crippen molar-refractivity contribution in [2.75, 3.05) is 20.1 Å². The normalized spacial score (nSPS) is 21.3. The molecular formula is C23H40N2O2. The van der Waals surface area contributed by atoms with E-state index in [1.165, 1.54) is 0 Å². The van der Waals surface area contributed by atoms with Crippen molar-refractivity contribution in [1.29, 1.82) is 0 Å². The molecule has 1 rings (SSSR count). The summed E-state index contributed by atoms with van der Waals surface area (Å²) in [6.45, 7) is 12.0. The van der Waals surface area contributed by atoms with Crippen LogP contribution in [0.2, 0.25) is 0 Å². The molecule has 27 heavy (non-hydrogen) atoms. The van der Waals surface area contributed by atoms with Crippen LogP contribution in [0, 0.1) is 30.1 Å². The van der Waals surface area contributed by atoms with Gasteiger partial charge in [0.15, 0.2) is 5.78 Å². The topological polar surface area (TPSA) is 40.6 Å². The number of nitrogens with zero attached hydrogens (tertiary/aromatic N) is 2. The maximum Gasteiger partial charge on any atom is 0.227 e. The summed E-state index contributed by atoms with van der Waals surface area (Å²) >= 11 is 0. The van der Waals surface area contributed by atoms with Crippen LogP contribution in [0.25, 0.3) is 0 Å². The van der Waals surface area contributed by atoms with Crippen molar-refractivity contribution in [3.8, 4) is 12.3 Å². The number of piperidine rings is 1. The highest BCUT2D eigenvalue weighted by atomic mass is 16.2. The predicted octanol–water partition coefficient (Wildman–Crippen LogP) is 3.99. The van der Waals surface area contributed by atoms with Gasteiger partial charge in [-0.25, -0.2) is 0 Å². The van der Waals surface area contributed by atoms with Gasteiger partial charge in [-0.2, -0.15) is 0 Å². The highest BCUT2D eigenvalue weighted by molar-refractivity contribution is 5.90. The van der Waals surface area contributed by atoms with Gasteiger partial charge in [-0.05, 0) is 44.7 Å². The van der Waals surface area contributed by atoms with Crippen LogP contribution in [-0.2, 0) is 9.59 Å². The van der Waals surface area contributed by atoms with Crippen molar-refractivity contribution in [3.05, 3.63) is 0 Å². The summed E-state index contributed by atoms with van der Waals surface area (Å²) in [6.07, 6.45) is 11.0. The second-order valence-electron chi connectivity index (χ2n) is 8.54. The Morgan fingerprint density at radius 2 is 1.89 bits per heavy atom. The Balaban J connectivity index is 3.03. The fourth-order valence-electron chi connectivity index (χ4n) is 4.13. The smallest absolute Gasteiger partial charge is 0.227 e. The Kier molecular flexibility index (Phi) is 10.1. The van der Waals surface area contributed by atoms with E-state index in [0.29, 0.717) is 13.0 Å². The molecule has 1 amide bonds. The van der Waals surface area contributed by atoms with Crippen LogP contribution >= 0.6 is 0 Å². The van der Waals surface area contributed by atoms with Crippen LogP contribution in [-0.4, -0.2) is 53.7 Å². The first-order valence-electron chi connectivity index (χ1n) is 10.8. The standard InChI is InChI=1S/C23H40N2O2/c1-8-14-25(20(10-3)17(4)5)23(27)19(18(6)9-2)16-22(26)21-13-11-12-15-24(21)7/h3,17-21H,8-9,11-16H2,1-2,4-7H3/t18-,19-,20+,21+/m0/s1. The second kappa shape index (κ2) is 11.5. The van der Waals surface area contributed by atoms with Gasteiger partial charge in [-0.15, -0.1) is 6.42 Å². The molecule has 154 valence electrons. The quantitative estimate of drug-likeness (QED) is 0.541. The molecule has 0 aromatic heterocycles. The highest BCUT2D eigenvalue weighted by Crippen LogP contribution is 2.27. The number of amides is 1. The lowest BCUT2D eigenvalue weighted by Gasteiger charge is -2.37. The largest absolute Gasteiger partial charge is 0.328 e. The van der Waals surface area contributed by atoms with Gasteiger partial charge >= 0.3 is 0 Å². The van der Waals surface area contributed by atoms with Gasteiger partial charge in [-0.1, -0.05) is 53.4 Å². The number of hydrogen-bond acceptors (Lipinski definition) is 3. The summed E-state index contributed by atoms with van der Waals surface area (Å²) in [5.41, 5.74) is 0. The van der Waals surface area contributed by atoms with E-state index < -0.39 is 0 Å². The maximum absolute atomic E-state index is 13.5. The molecule has 1 aliphatic heterocycles. The zero-order chi connectivity index (χ0) is 20.6. The van der Waals surface area contributed by atoms with Crippen LogP contribution in [0.4, 0.5) is 0 Å². The molecule has 0 aromatic carbocycles. The molecule has 0 aromatic rings. The van der Waals surface area contributed by atoms with Crippen LogP contribution in [0.15, 0.2) is 0 Å². The van der Waals surface area contributed by atoms with Gasteiger partial charge in [0.05, 0.1) is 12.1 Å². The van der Waals surface area contributed by atoms with Crippen LogP contribution in [0.3, 0.4) is 0 Å². The minimum atomic E-state index is -0.279. The summed E-state index contributed by atoms with van der Waals surface area (Å²) in [5.74, 6) is 3.18. The minimum absolute atomic E-state index is 0.0359. The average Bonchev–Trinajstić information content (AvgIpc) is 2.64. The zero-order valence-electron chi connectivity index (χ0n) is 18.3. The van der Waals surface area contributed by atoms with Crippen molar-refractivity contribution < 1.29 is 9.59 Å². The Bertz CT molecular complexity index is 523. The molecular weight excluding hydrogens is 336 g/mol. The molecule has 1 aliphatic rings. The number of Topliss-reactive ketones (excluding diaryl/α,β-unsaturated/α-hetero) is 1. The Morgan fingerprint density at radius 3 is 2.37 bits per heavy atom. The van der Waals surface area contributed by atoms with E-state index in [9.17, 15) is 9.59 Å². The fraction of sp³-hybridized carbons (Fsp3) is 0.826. The maximum atomic E-state index is 13.5. The molecule has 1 heterocycles. The van der Waals surface area contributed by atoms with E-state index >= 15 is 0 Å². The third-order valence-electron chi connectivity index (χ3n) is 6.10. The van der Waals surface area contributed by atoms with Crippen LogP contribution in [0.5, 0.6) is 0 Å². The lowest BCUT2D eigenvalue weighted by Crippen LogP contribution is -2.49. The third kappa shape index (κ3) is 6.35. The fourth-order valence-corrected chi connectivity index (χ4v) is 4.13. The Labute approximate surface area is 167 Å². The summed E-state index contributed by atoms with van der Waals surface area (Å²) in [7, 11) is 2.03. The number of carbonyl (C=O) groups excluding carboxylic acids is 2. The lowest BCUT2D eigenvalue weighted by atomic mass is 9.83. The second-order valence-corrected chi connectivity index (χ2v) is 8.54. The molecule has 0 N–H and O–H groups in total. The van der Waals surface area contributed by atoms with Gasteiger partial charge in [0, 0.05) is 18.9 Å². The molecule has 0 bridgehead atoms. The van der Waals surface area contributed by atoms with E-state index in [0.717, 1.165) is 38.6 Å². The monoisotopic (exact) mass is 376 g/mol. The number of ketones is 1. The van der Waals surface area contributed by atoms with E-state index in [4.69, 9.17) is 6.42 Å². The van der Waals surface area contributed by atoms with Gasteiger partial charge in [0.1, 0.15) is 0 Å². The number of likely N-dealkylation sites (tertiary alicyclic amines) is 1. The molecule has 4 nitrogen and oxygen atoms in total. The molecule has 1 fully saturated rings. The molecule has 0 unspecified atom stereocenters. The number of likely N-dealkylation sites (N-methyl/N-ethyl adjacent to an activating group) is 1. The van der Waals surface area contributed by atoms with Gasteiger partial charge in [0.2, 0.25) is 5.91 Å². The third-order valence-corrected chi connectivity index (χ3v) is 6.10. The summed E-state index contributed by atoms with van der Waals surface area (Å²) in [4.78, 5) is 30.6. The first-order valence-corrected chi connectivity index (χ1v) is 10.8. The highest BCUT2D eigenvalue weighted by Gasteiger charge is 2.36. The summed E-state index contributed by atoms with van der Waals surface area (Å²) < 4.78 is 0. The van der Waals surface area contributed by atoms with Crippen molar-refractivity contribution >= 4 is 11.7 Å². The van der Waals surface area contributed by atoms with Gasteiger partial charge in [0.25, 0.3) is 0 Å². The molecule has 4 heteroatoms. The van der Waals surface area contributed by atoms with Crippen molar-refractivity contribution in [2.45, 2.75) is 85.2 Å². The van der Waals surface area contributed by atoms with E-state index in [1.807, 2.05) is 11.9 Å². The number of terminal acetylenes is 1. The lowest BCUT2D eigenvalue weighted by molar-refractivity contribution is -0.142. The first kappa shape index (κ1) is 23.7. The molecule has 1 saturated heterocycles. The van der Waals surface area contributed by atoms with Gasteiger partial charge in [-0.3, -0.25) is 14.5 Å². The van der Waals surface area contributed by atoms with Crippen LogP contribution < -0.4 is 0 Å². The first-order chi connectivity index (χ1) is 12.8. The summed E-state index contributed by atoms with van der Waals surface area (Å²) in [5, 5.41) is 0. The molecule has 0 aliphatic carbocycles. The number of hydrogen-bond donors (Lipinski definition) is 0. The van der Waals surface area contributed by atoms with Crippen molar-refractivity contribution in [1.82, 2.24) is 9.80 Å². The molecule has 0 spiro atoms. The average molecular weight is 377 g/mol. The SMILES string of the molecule is C#C[C@H](C(C)C)N(CCC)C(=O)[C@@H](CC(=O)[C@H]1CCCCN1C)[C@@H](C)CC. The minimum Gasteiger partial charge on any atom is -0.328 e. The van der Waals surface area contributed by atoms with E-state index in [1.54, 1.807) is 0 Å². The Morgan fingerprint density at radius 1 is 1.22 bits per heavy atom. The number of rotatable bonds is 10. The van der Waals surface area contributed by atoms with Crippen molar-refractivity contribution in [2.24, 2.45) is 17.8 Å². The van der Waals surface area contributed by atoms with Crippen LogP contribution in [0.1, 0.15) is 73.1 Å². The summed E-state index contributed by atoms with van der Waals surface area (Å²) in [6, 6.07) is -0.247.